The molecule has 0 aliphatic heterocycles. The van der Waals surface area contributed by atoms with Gasteiger partial charge in [0.15, 0.2) is 0 Å². The molecular formula is C15H19N3O2. The SMILES string of the molecule is CCCC(CC)Nc1ccc2ncccc2c1[N+](=O)[O-]. The molecule has 0 spiro atoms. The lowest BCUT2D eigenvalue weighted by Crippen LogP contribution is -2.18. The Morgan fingerprint density at radius 2 is 2.15 bits per heavy atom. The number of nitro benzene ring substituents is 1. The number of pyridine rings is 1. The van der Waals surface area contributed by atoms with Crippen LogP contribution < -0.4 is 5.32 Å². The smallest absolute Gasteiger partial charge is 0.301 e. The van der Waals surface area contributed by atoms with E-state index in [9.17, 15) is 10.1 Å². The minimum Gasteiger partial charge on any atom is -0.377 e. The van der Waals surface area contributed by atoms with E-state index in [2.05, 4.69) is 24.1 Å². The Morgan fingerprint density at radius 1 is 1.35 bits per heavy atom. The highest BCUT2D eigenvalue weighted by atomic mass is 16.6. The van der Waals surface area contributed by atoms with Crippen LogP contribution in [0.5, 0.6) is 0 Å². The molecule has 20 heavy (non-hydrogen) atoms. The van der Waals surface area contributed by atoms with E-state index in [0.29, 0.717) is 16.6 Å². The van der Waals surface area contributed by atoms with Crippen molar-refractivity contribution in [2.24, 2.45) is 0 Å². The van der Waals surface area contributed by atoms with Gasteiger partial charge in [-0.2, -0.15) is 0 Å². The van der Waals surface area contributed by atoms with Gasteiger partial charge in [-0.05, 0) is 37.1 Å². The highest BCUT2D eigenvalue weighted by Gasteiger charge is 2.20. The van der Waals surface area contributed by atoms with Gasteiger partial charge in [0.2, 0.25) is 0 Å². The molecule has 2 aromatic rings. The van der Waals surface area contributed by atoms with E-state index < -0.39 is 0 Å². The van der Waals surface area contributed by atoms with E-state index in [-0.39, 0.29) is 16.7 Å². The lowest BCUT2D eigenvalue weighted by atomic mass is 10.1. The number of aromatic nitrogens is 1. The molecule has 0 amide bonds. The topological polar surface area (TPSA) is 68.1 Å². The maximum atomic E-state index is 11.4. The second-order valence-corrected chi connectivity index (χ2v) is 4.83. The zero-order valence-corrected chi connectivity index (χ0v) is 11.8. The Bertz CT molecular complexity index is 613. The molecular weight excluding hydrogens is 254 g/mol. The Hall–Kier alpha value is -2.17. The lowest BCUT2D eigenvalue weighted by Gasteiger charge is -2.17. The molecule has 1 N–H and O–H groups in total. The van der Waals surface area contributed by atoms with E-state index in [0.717, 1.165) is 19.3 Å². The van der Waals surface area contributed by atoms with Gasteiger partial charge in [-0.25, -0.2) is 0 Å². The summed E-state index contributed by atoms with van der Waals surface area (Å²) in [5, 5.41) is 15.3. The molecule has 0 aliphatic carbocycles. The predicted octanol–water partition coefficient (Wildman–Crippen LogP) is 4.13. The van der Waals surface area contributed by atoms with E-state index in [1.165, 1.54) is 0 Å². The van der Waals surface area contributed by atoms with Crippen LogP contribution in [0.25, 0.3) is 10.9 Å². The summed E-state index contributed by atoms with van der Waals surface area (Å²) in [6.45, 7) is 4.20. The number of fused-ring (bicyclic) bond motifs is 1. The van der Waals surface area contributed by atoms with Crippen molar-refractivity contribution in [1.29, 1.82) is 0 Å². The van der Waals surface area contributed by atoms with Crippen molar-refractivity contribution in [3.8, 4) is 0 Å². The lowest BCUT2D eigenvalue weighted by molar-refractivity contribution is -0.382. The summed E-state index contributed by atoms with van der Waals surface area (Å²) in [4.78, 5) is 15.2. The number of nitrogens with zero attached hydrogens (tertiary/aromatic N) is 2. The minimum absolute atomic E-state index is 0.116. The third-order valence-corrected chi connectivity index (χ3v) is 3.43. The normalized spacial score (nSPS) is 12.3. The van der Waals surface area contributed by atoms with Crippen molar-refractivity contribution in [3.63, 3.8) is 0 Å². The van der Waals surface area contributed by atoms with Crippen LogP contribution in [-0.2, 0) is 0 Å². The standard InChI is InChI=1S/C15H19N3O2/c1-3-6-11(4-2)17-14-9-8-13-12(7-5-10-16-13)15(14)18(19)20/h5,7-11,17H,3-4,6H2,1-2H3. The summed E-state index contributed by atoms with van der Waals surface area (Å²) in [7, 11) is 0. The molecule has 0 saturated carbocycles. The summed E-state index contributed by atoms with van der Waals surface area (Å²) >= 11 is 0. The van der Waals surface area contributed by atoms with Crippen molar-refractivity contribution in [3.05, 3.63) is 40.6 Å². The van der Waals surface area contributed by atoms with Crippen LogP contribution in [0.1, 0.15) is 33.1 Å². The Kier molecular flexibility index (Phi) is 4.50. The second-order valence-electron chi connectivity index (χ2n) is 4.83. The quantitative estimate of drug-likeness (QED) is 0.634. The fourth-order valence-corrected chi connectivity index (χ4v) is 2.40. The van der Waals surface area contributed by atoms with Gasteiger partial charge in [-0.3, -0.25) is 15.1 Å². The highest BCUT2D eigenvalue weighted by Crippen LogP contribution is 2.33. The van der Waals surface area contributed by atoms with Crippen LogP contribution in [0.4, 0.5) is 11.4 Å². The van der Waals surface area contributed by atoms with Crippen molar-refractivity contribution in [2.45, 2.75) is 39.2 Å². The molecule has 5 heteroatoms. The third-order valence-electron chi connectivity index (χ3n) is 3.43. The average Bonchev–Trinajstić information content (AvgIpc) is 2.46. The monoisotopic (exact) mass is 273 g/mol. The van der Waals surface area contributed by atoms with E-state index in [4.69, 9.17) is 0 Å². The van der Waals surface area contributed by atoms with Crippen molar-refractivity contribution in [1.82, 2.24) is 4.98 Å². The molecule has 0 bridgehead atoms. The van der Waals surface area contributed by atoms with Crippen LogP contribution in [0, 0.1) is 10.1 Å². The zero-order valence-electron chi connectivity index (χ0n) is 11.8. The molecule has 0 aliphatic rings. The number of nitro groups is 1. The first-order valence-corrected chi connectivity index (χ1v) is 6.96. The Labute approximate surface area is 118 Å². The van der Waals surface area contributed by atoms with Gasteiger partial charge in [0.25, 0.3) is 0 Å². The maximum Gasteiger partial charge on any atom is 0.301 e. The molecule has 0 fully saturated rings. The second kappa shape index (κ2) is 6.32. The molecule has 1 aromatic carbocycles. The molecule has 2 rings (SSSR count). The first-order chi connectivity index (χ1) is 9.67. The van der Waals surface area contributed by atoms with Crippen molar-refractivity contribution in [2.75, 3.05) is 5.32 Å². The number of hydrogen-bond acceptors (Lipinski definition) is 4. The number of rotatable bonds is 6. The van der Waals surface area contributed by atoms with Crippen LogP contribution in [0.3, 0.4) is 0 Å². The fourth-order valence-electron chi connectivity index (χ4n) is 2.40. The van der Waals surface area contributed by atoms with Gasteiger partial charge >= 0.3 is 5.69 Å². The highest BCUT2D eigenvalue weighted by molar-refractivity contribution is 5.94. The Balaban J connectivity index is 2.47. The molecule has 5 nitrogen and oxygen atoms in total. The number of benzene rings is 1. The van der Waals surface area contributed by atoms with Gasteiger partial charge < -0.3 is 5.32 Å². The molecule has 106 valence electrons. The van der Waals surface area contributed by atoms with Gasteiger partial charge in [-0.1, -0.05) is 20.3 Å². The third kappa shape index (κ3) is 2.87. The van der Waals surface area contributed by atoms with E-state index >= 15 is 0 Å². The maximum absolute atomic E-state index is 11.4. The van der Waals surface area contributed by atoms with Crippen LogP contribution in [0.2, 0.25) is 0 Å². The largest absolute Gasteiger partial charge is 0.377 e. The van der Waals surface area contributed by atoms with E-state index in [1.54, 1.807) is 24.4 Å². The summed E-state index contributed by atoms with van der Waals surface area (Å²) in [6, 6.07) is 7.30. The van der Waals surface area contributed by atoms with Crippen molar-refractivity contribution < 1.29 is 4.92 Å². The van der Waals surface area contributed by atoms with E-state index in [1.807, 2.05) is 6.07 Å². The molecule has 1 unspecified atom stereocenters. The average molecular weight is 273 g/mol. The zero-order chi connectivity index (χ0) is 14.5. The molecule has 1 aromatic heterocycles. The Morgan fingerprint density at radius 3 is 2.80 bits per heavy atom. The van der Waals surface area contributed by atoms with Crippen molar-refractivity contribution >= 4 is 22.3 Å². The first-order valence-electron chi connectivity index (χ1n) is 6.96. The van der Waals surface area contributed by atoms with Crippen LogP contribution in [0.15, 0.2) is 30.5 Å². The van der Waals surface area contributed by atoms with Crippen LogP contribution >= 0.6 is 0 Å². The predicted molar refractivity (Wildman–Crippen MR) is 81.0 cm³/mol. The molecule has 0 radical (unpaired) electrons. The summed E-state index contributed by atoms with van der Waals surface area (Å²) in [5.41, 5.74) is 1.34. The molecule has 1 heterocycles. The minimum atomic E-state index is -0.328. The molecule has 1 atom stereocenters. The number of anilines is 1. The number of nitrogens with one attached hydrogen (secondary N) is 1. The van der Waals surface area contributed by atoms with Crippen LogP contribution in [-0.4, -0.2) is 15.9 Å². The molecule has 0 saturated heterocycles. The van der Waals surface area contributed by atoms with Gasteiger partial charge in [0, 0.05) is 12.2 Å². The number of hydrogen-bond donors (Lipinski definition) is 1. The summed E-state index contributed by atoms with van der Waals surface area (Å²) in [6.07, 6.45) is 4.63. The summed E-state index contributed by atoms with van der Waals surface area (Å²) < 4.78 is 0. The fraction of sp³-hybridized carbons (Fsp3) is 0.400. The first kappa shape index (κ1) is 14.2. The van der Waals surface area contributed by atoms with Gasteiger partial charge in [-0.15, -0.1) is 0 Å². The summed E-state index contributed by atoms with van der Waals surface area (Å²) in [5.74, 6) is 0. The van der Waals surface area contributed by atoms with Gasteiger partial charge in [0.05, 0.1) is 15.8 Å². The van der Waals surface area contributed by atoms with Gasteiger partial charge in [0.1, 0.15) is 5.69 Å².